The van der Waals surface area contributed by atoms with Crippen LogP contribution in [0.4, 0.5) is 29.3 Å². The Morgan fingerprint density at radius 2 is 1.77 bits per heavy atom. The lowest BCUT2D eigenvalue weighted by atomic mass is 10.1. The molecule has 8 heteroatoms. The zero-order valence-corrected chi connectivity index (χ0v) is 14.6. The van der Waals surface area contributed by atoms with Crippen molar-refractivity contribution in [2.24, 2.45) is 0 Å². The summed E-state index contributed by atoms with van der Waals surface area (Å²) in [6, 6.07) is 9.13. The van der Waals surface area contributed by atoms with Crippen molar-refractivity contribution in [2.75, 3.05) is 31.4 Å². The molecule has 0 bridgehead atoms. The van der Waals surface area contributed by atoms with E-state index in [0.717, 1.165) is 12.1 Å². The molecule has 2 aromatic carbocycles. The van der Waals surface area contributed by atoms with Crippen LogP contribution in [0, 0.1) is 0 Å². The first kappa shape index (κ1) is 19.4. The maximum absolute atomic E-state index is 13.0. The molecule has 2 N–H and O–H groups in total. The molecule has 2 rings (SSSR count). The molecule has 0 spiro atoms. The van der Waals surface area contributed by atoms with Gasteiger partial charge in [0.2, 0.25) is 0 Å². The summed E-state index contributed by atoms with van der Waals surface area (Å²) in [5.41, 5.74) is 0.185. The van der Waals surface area contributed by atoms with Gasteiger partial charge in [-0.2, -0.15) is 13.2 Å². The lowest BCUT2D eigenvalue weighted by molar-refractivity contribution is -0.137. The second-order valence-corrected chi connectivity index (χ2v) is 6.04. The first-order valence-corrected chi connectivity index (χ1v) is 7.77. The van der Waals surface area contributed by atoms with Crippen LogP contribution in [0.2, 0.25) is 0 Å². The number of urea groups is 1. The van der Waals surface area contributed by atoms with E-state index in [0.29, 0.717) is 11.3 Å². The monoisotopic (exact) mass is 367 g/mol. The molecular formula is C18H20F3N3O2. The number of rotatable bonds is 4. The van der Waals surface area contributed by atoms with Crippen LogP contribution >= 0.6 is 0 Å². The highest BCUT2D eigenvalue weighted by Crippen LogP contribution is 2.35. The molecule has 0 aromatic heterocycles. The third-order valence-electron chi connectivity index (χ3n) is 3.79. The van der Waals surface area contributed by atoms with Gasteiger partial charge in [0.15, 0.2) is 0 Å². The van der Waals surface area contributed by atoms with Crippen molar-refractivity contribution in [1.82, 2.24) is 4.90 Å². The summed E-state index contributed by atoms with van der Waals surface area (Å²) in [5, 5.41) is 12.3. The molecule has 5 nitrogen and oxygen atoms in total. The van der Waals surface area contributed by atoms with Crippen molar-refractivity contribution in [3.05, 3.63) is 53.6 Å². The number of amides is 2. The Balaban J connectivity index is 2.22. The predicted molar refractivity (Wildman–Crippen MR) is 94.4 cm³/mol. The van der Waals surface area contributed by atoms with Crippen LogP contribution in [0.5, 0.6) is 5.75 Å². The smallest absolute Gasteiger partial charge is 0.416 e. The molecule has 0 heterocycles. The van der Waals surface area contributed by atoms with Crippen LogP contribution in [0.3, 0.4) is 0 Å². The Hall–Kier alpha value is -2.90. The Bertz CT molecular complexity index is 791. The largest absolute Gasteiger partial charge is 0.508 e. The number of carbonyl (C=O) groups excluding carboxylic acids is 1. The van der Waals surface area contributed by atoms with Gasteiger partial charge in [-0.3, -0.25) is 0 Å². The van der Waals surface area contributed by atoms with E-state index in [-0.39, 0.29) is 18.0 Å². The summed E-state index contributed by atoms with van der Waals surface area (Å²) in [4.78, 5) is 15.3. The van der Waals surface area contributed by atoms with Crippen molar-refractivity contribution in [1.29, 1.82) is 0 Å². The Labute approximate surface area is 149 Å². The average molecular weight is 367 g/mol. The molecule has 26 heavy (non-hydrogen) atoms. The van der Waals surface area contributed by atoms with Crippen LogP contribution in [0.15, 0.2) is 42.5 Å². The average Bonchev–Trinajstić information content (AvgIpc) is 2.55. The molecule has 0 saturated heterocycles. The van der Waals surface area contributed by atoms with Gasteiger partial charge in [-0.25, -0.2) is 4.79 Å². The number of benzene rings is 2. The lowest BCUT2D eigenvalue weighted by Gasteiger charge is -2.23. The first-order chi connectivity index (χ1) is 12.1. The molecule has 0 aliphatic heterocycles. The van der Waals surface area contributed by atoms with Gasteiger partial charge >= 0.3 is 12.2 Å². The highest BCUT2D eigenvalue weighted by atomic mass is 19.4. The van der Waals surface area contributed by atoms with Gasteiger partial charge in [0.05, 0.1) is 23.5 Å². The Morgan fingerprint density at radius 1 is 1.12 bits per heavy atom. The topological polar surface area (TPSA) is 55.8 Å². The minimum absolute atomic E-state index is 0.0419. The summed E-state index contributed by atoms with van der Waals surface area (Å²) in [5.74, 6) is 0.0419. The minimum atomic E-state index is -4.51. The van der Waals surface area contributed by atoms with Gasteiger partial charge < -0.3 is 20.2 Å². The SMILES string of the molecule is CN(Cc1ccccc1O)C(=O)Nc1cc(C(F)(F)F)ccc1N(C)C. The van der Waals surface area contributed by atoms with Crippen LogP contribution in [-0.2, 0) is 12.7 Å². The van der Waals surface area contributed by atoms with E-state index in [9.17, 15) is 23.1 Å². The van der Waals surface area contributed by atoms with E-state index in [4.69, 9.17) is 0 Å². The maximum atomic E-state index is 13.0. The molecule has 0 saturated carbocycles. The third-order valence-corrected chi connectivity index (χ3v) is 3.79. The summed E-state index contributed by atoms with van der Waals surface area (Å²) in [6.07, 6.45) is -4.51. The number of halogens is 3. The van der Waals surface area contributed by atoms with E-state index >= 15 is 0 Å². The quantitative estimate of drug-likeness (QED) is 0.854. The van der Waals surface area contributed by atoms with Crippen molar-refractivity contribution in [2.45, 2.75) is 12.7 Å². The van der Waals surface area contributed by atoms with Gasteiger partial charge in [0, 0.05) is 26.7 Å². The number of hydrogen-bond donors (Lipinski definition) is 2. The number of anilines is 2. The van der Waals surface area contributed by atoms with E-state index in [1.165, 1.54) is 24.1 Å². The summed E-state index contributed by atoms with van der Waals surface area (Å²) >= 11 is 0. The number of aromatic hydroxyl groups is 1. The fourth-order valence-electron chi connectivity index (χ4n) is 2.38. The molecule has 0 atom stereocenters. The molecular weight excluding hydrogens is 347 g/mol. The van der Waals surface area contributed by atoms with Gasteiger partial charge in [-0.05, 0) is 24.3 Å². The van der Waals surface area contributed by atoms with E-state index in [1.54, 1.807) is 37.2 Å². The van der Waals surface area contributed by atoms with Crippen molar-refractivity contribution < 1.29 is 23.1 Å². The van der Waals surface area contributed by atoms with Crippen LogP contribution in [0.25, 0.3) is 0 Å². The summed E-state index contributed by atoms with van der Waals surface area (Å²) < 4.78 is 38.9. The Morgan fingerprint density at radius 3 is 2.35 bits per heavy atom. The number of hydrogen-bond acceptors (Lipinski definition) is 3. The normalized spacial score (nSPS) is 11.2. The fourth-order valence-corrected chi connectivity index (χ4v) is 2.38. The second-order valence-electron chi connectivity index (χ2n) is 6.04. The van der Waals surface area contributed by atoms with Crippen molar-refractivity contribution in [3.8, 4) is 5.75 Å². The maximum Gasteiger partial charge on any atom is 0.416 e. The number of alkyl halides is 3. The van der Waals surface area contributed by atoms with Crippen molar-refractivity contribution >= 4 is 17.4 Å². The van der Waals surface area contributed by atoms with E-state index in [2.05, 4.69) is 5.32 Å². The Kier molecular flexibility index (Phi) is 5.64. The van der Waals surface area contributed by atoms with Gasteiger partial charge in [-0.15, -0.1) is 0 Å². The lowest BCUT2D eigenvalue weighted by Crippen LogP contribution is -2.31. The molecule has 0 fully saturated rings. The number of para-hydroxylation sites is 1. The molecule has 0 radical (unpaired) electrons. The predicted octanol–water partition coefficient (Wildman–Crippen LogP) is 4.14. The summed E-state index contributed by atoms with van der Waals surface area (Å²) in [7, 11) is 4.83. The number of nitrogens with one attached hydrogen (secondary N) is 1. The number of nitrogens with zero attached hydrogens (tertiary/aromatic N) is 2. The van der Waals surface area contributed by atoms with E-state index in [1.807, 2.05) is 0 Å². The molecule has 0 unspecified atom stereocenters. The summed E-state index contributed by atoms with van der Waals surface area (Å²) in [6.45, 7) is 0.106. The highest BCUT2D eigenvalue weighted by Gasteiger charge is 2.31. The highest BCUT2D eigenvalue weighted by molar-refractivity contribution is 5.93. The van der Waals surface area contributed by atoms with Gasteiger partial charge in [0.1, 0.15) is 5.75 Å². The van der Waals surface area contributed by atoms with Crippen LogP contribution in [0.1, 0.15) is 11.1 Å². The zero-order valence-electron chi connectivity index (χ0n) is 14.6. The van der Waals surface area contributed by atoms with Gasteiger partial charge in [-0.1, -0.05) is 18.2 Å². The fraction of sp³-hybridized carbons (Fsp3) is 0.278. The zero-order chi connectivity index (χ0) is 19.5. The second kappa shape index (κ2) is 7.55. The molecule has 2 aromatic rings. The molecule has 2 amide bonds. The number of phenols is 1. The number of carbonyl (C=O) groups is 1. The molecule has 0 aliphatic carbocycles. The third kappa shape index (κ3) is 4.59. The number of phenolic OH excluding ortho intramolecular Hbond substituents is 1. The minimum Gasteiger partial charge on any atom is -0.508 e. The van der Waals surface area contributed by atoms with Crippen molar-refractivity contribution in [3.63, 3.8) is 0 Å². The standard InChI is InChI=1S/C18H20F3N3O2/c1-23(2)15-9-8-13(18(19,20)21)10-14(15)22-17(26)24(3)11-12-6-4-5-7-16(12)25/h4-10,25H,11H2,1-3H3,(H,22,26). The van der Waals surface area contributed by atoms with Crippen LogP contribution in [-0.4, -0.2) is 37.2 Å². The van der Waals surface area contributed by atoms with Crippen LogP contribution < -0.4 is 10.2 Å². The van der Waals surface area contributed by atoms with E-state index < -0.39 is 17.8 Å². The molecule has 0 aliphatic rings. The van der Waals surface area contributed by atoms with Gasteiger partial charge in [0.25, 0.3) is 0 Å². The first-order valence-electron chi connectivity index (χ1n) is 7.77. The molecule has 140 valence electrons.